The van der Waals surface area contributed by atoms with E-state index in [-0.39, 0.29) is 17.4 Å². The third-order valence-electron chi connectivity index (χ3n) is 2.79. The number of ether oxygens (including phenoxy) is 1. The number of carbonyl (C=O) groups excluding carboxylic acids is 1. The van der Waals surface area contributed by atoms with Gasteiger partial charge in [0.2, 0.25) is 5.91 Å². The maximum atomic E-state index is 11.6. The maximum absolute atomic E-state index is 11.6. The van der Waals surface area contributed by atoms with Gasteiger partial charge in [-0.3, -0.25) is 4.79 Å². The Hall–Kier alpha value is -0.570. The predicted octanol–water partition coefficient (Wildman–Crippen LogP) is 2.21. The summed E-state index contributed by atoms with van der Waals surface area (Å²) in [5.74, 6) is 0.495. The van der Waals surface area contributed by atoms with Gasteiger partial charge in [-0.25, -0.2) is 0 Å². The molecule has 0 radical (unpaired) electrons. The van der Waals surface area contributed by atoms with Crippen LogP contribution in [0.1, 0.15) is 41.0 Å². The van der Waals surface area contributed by atoms with Crippen molar-refractivity contribution in [1.82, 2.24) is 5.32 Å². The predicted molar refractivity (Wildman–Crippen MR) is 62.7 cm³/mol. The molecule has 0 aromatic carbocycles. The molecule has 0 heterocycles. The molecule has 0 unspecified atom stereocenters. The Morgan fingerprint density at radius 3 is 2.27 bits per heavy atom. The molecule has 2 atom stereocenters. The molecule has 0 aliphatic rings. The van der Waals surface area contributed by atoms with E-state index in [2.05, 4.69) is 33.0 Å². The van der Waals surface area contributed by atoms with Gasteiger partial charge in [-0.15, -0.1) is 0 Å². The Morgan fingerprint density at radius 1 is 1.33 bits per heavy atom. The third-order valence-corrected chi connectivity index (χ3v) is 2.79. The standard InChI is InChI=1S/C12H25NO2/c1-9(12(3,4)5)7-11(14)13-10(2)8-15-6/h9-10H,7-8H2,1-6H3,(H,13,14)/t9-,10+/m0/s1. The minimum Gasteiger partial charge on any atom is -0.383 e. The monoisotopic (exact) mass is 215 g/mol. The summed E-state index contributed by atoms with van der Waals surface area (Å²) in [5.41, 5.74) is 0.182. The van der Waals surface area contributed by atoms with Gasteiger partial charge >= 0.3 is 0 Å². The van der Waals surface area contributed by atoms with E-state index in [1.54, 1.807) is 7.11 Å². The molecule has 3 heteroatoms. The molecule has 0 fully saturated rings. The van der Waals surface area contributed by atoms with Crippen molar-refractivity contribution < 1.29 is 9.53 Å². The van der Waals surface area contributed by atoms with Gasteiger partial charge in [0.25, 0.3) is 0 Å². The highest BCUT2D eigenvalue weighted by Gasteiger charge is 2.22. The fourth-order valence-electron chi connectivity index (χ4n) is 1.21. The molecule has 0 saturated carbocycles. The first kappa shape index (κ1) is 14.4. The number of carbonyl (C=O) groups is 1. The van der Waals surface area contributed by atoms with E-state index >= 15 is 0 Å². The average molecular weight is 215 g/mol. The van der Waals surface area contributed by atoms with Crippen LogP contribution in [0.2, 0.25) is 0 Å². The smallest absolute Gasteiger partial charge is 0.220 e. The minimum atomic E-state index is 0.0923. The molecule has 0 aromatic rings. The lowest BCUT2D eigenvalue weighted by atomic mass is 9.80. The molecule has 3 nitrogen and oxygen atoms in total. The summed E-state index contributed by atoms with van der Waals surface area (Å²) in [7, 11) is 1.64. The van der Waals surface area contributed by atoms with E-state index in [9.17, 15) is 4.79 Å². The Balaban J connectivity index is 3.94. The highest BCUT2D eigenvalue weighted by atomic mass is 16.5. The second-order valence-corrected chi connectivity index (χ2v) is 5.40. The summed E-state index contributed by atoms with van der Waals surface area (Å²) in [6, 6.07) is 0.0923. The molecule has 0 aliphatic heterocycles. The fraction of sp³-hybridized carbons (Fsp3) is 0.917. The Kier molecular flexibility index (Phi) is 5.88. The zero-order chi connectivity index (χ0) is 12.1. The highest BCUT2D eigenvalue weighted by Crippen LogP contribution is 2.27. The number of rotatable bonds is 5. The Labute approximate surface area is 93.6 Å². The second kappa shape index (κ2) is 6.11. The zero-order valence-electron chi connectivity index (χ0n) is 10.9. The molecule has 0 aliphatic carbocycles. The molecule has 15 heavy (non-hydrogen) atoms. The van der Waals surface area contributed by atoms with Crippen molar-refractivity contribution in [2.45, 2.75) is 47.1 Å². The molecule has 0 rings (SSSR count). The molecular weight excluding hydrogens is 190 g/mol. The first-order valence-electron chi connectivity index (χ1n) is 5.55. The Morgan fingerprint density at radius 2 is 1.87 bits per heavy atom. The second-order valence-electron chi connectivity index (χ2n) is 5.40. The summed E-state index contributed by atoms with van der Waals surface area (Å²) in [5, 5.41) is 2.92. The molecule has 0 spiro atoms. The van der Waals surface area contributed by atoms with Gasteiger partial charge in [-0.1, -0.05) is 27.7 Å². The van der Waals surface area contributed by atoms with Crippen LogP contribution in [0.3, 0.4) is 0 Å². The zero-order valence-corrected chi connectivity index (χ0v) is 10.9. The molecule has 1 N–H and O–H groups in total. The highest BCUT2D eigenvalue weighted by molar-refractivity contribution is 5.76. The van der Waals surface area contributed by atoms with Gasteiger partial charge in [0.15, 0.2) is 0 Å². The summed E-state index contributed by atoms with van der Waals surface area (Å²) in [6.45, 7) is 11.1. The van der Waals surface area contributed by atoms with Crippen LogP contribution in [-0.2, 0) is 9.53 Å². The van der Waals surface area contributed by atoms with Crippen LogP contribution in [0, 0.1) is 11.3 Å². The summed E-state index contributed by atoms with van der Waals surface area (Å²) in [4.78, 5) is 11.6. The third kappa shape index (κ3) is 6.50. The van der Waals surface area contributed by atoms with Gasteiger partial charge < -0.3 is 10.1 Å². The van der Waals surface area contributed by atoms with Crippen LogP contribution in [0.5, 0.6) is 0 Å². The molecule has 1 amide bonds. The van der Waals surface area contributed by atoms with E-state index in [0.29, 0.717) is 18.9 Å². The van der Waals surface area contributed by atoms with Crippen molar-refractivity contribution in [3.05, 3.63) is 0 Å². The first-order chi connectivity index (χ1) is 6.77. The molecule has 0 aromatic heterocycles. The van der Waals surface area contributed by atoms with Crippen LogP contribution < -0.4 is 5.32 Å². The van der Waals surface area contributed by atoms with Gasteiger partial charge in [0.1, 0.15) is 0 Å². The lowest BCUT2D eigenvalue weighted by molar-refractivity contribution is -0.123. The number of amides is 1. The minimum absolute atomic E-state index is 0.0923. The topological polar surface area (TPSA) is 38.3 Å². The van der Waals surface area contributed by atoms with Gasteiger partial charge in [-0.2, -0.15) is 0 Å². The normalized spacial score (nSPS) is 15.9. The van der Waals surface area contributed by atoms with Gasteiger partial charge in [-0.05, 0) is 18.3 Å². The quantitative estimate of drug-likeness (QED) is 0.763. The molecule has 0 saturated heterocycles. The first-order valence-corrected chi connectivity index (χ1v) is 5.55. The van der Waals surface area contributed by atoms with Crippen LogP contribution in [0.25, 0.3) is 0 Å². The summed E-state index contributed by atoms with van der Waals surface area (Å²) >= 11 is 0. The van der Waals surface area contributed by atoms with Crippen LogP contribution >= 0.6 is 0 Å². The van der Waals surface area contributed by atoms with Crippen LogP contribution in [0.15, 0.2) is 0 Å². The maximum Gasteiger partial charge on any atom is 0.220 e. The molecular formula is C12H25NO2. The van der Waals surface area contributed by atoms with Crippen molar-refractivity contribution in [2.75, 3.05) is 13.7 Å². The summed E-state index contributed by atoms with van der Waals surface area (Å²) in [6.07, 6.45) is 0.581. The van der Waals surface area contributed by atoms with E-state index in [4.69, 9.17) is 4.74 Å². The summed E-state index contributed by atoms with van der Waals surface area (Å²) < 4.78 is 4.96. The van der Waals surface area contributed by atoms with E-state index in [1.807, 2.05) is 6.92 Å². The SMILES string of the molecule is COC[C@@H](C)NC(=O)C[C@H](C)C(C)(C)C. The van der Waals surface area contributed by atoms with Crippen molar-refractivity contribution in [3.63, 3.8) is 0 Å². The van der Waals surface area contributed by atoms with Crippen LogP contribution in [0.4, 0.5) is 0 Å². The Bertz CT molecular complexity index is 196. The van der Waals surface area contributed by atoms with Crippen molar-refractivity contribution in [2.24, 2.45) is 11.3 Å². The molecule has 0 bridgehead atoms. The fourth-order valence-corrected chi connectivity index (χ4v) is 1.21. The number of hydrogen-bond donors (Lipinski definition) is 1. The lowest BCUT2D eigenvalue weighted by Gasteiger charge is -2.27. The van der Waals surface area contributed by atoms with Crippen molar-refractivity contribution >= 4 is 5.91 Å². The van der Waals surface area contributed by atoms with E-state index in [0.717, 1.165) is 0 Å². The average Bonchev–Trinajstić information content (AvgIpc) is 2.01. The van der Waals surface area contributed by atoms with E-state index in [1.165, 1.54) is 0 Å². The van der Waals surface area contributed by atoms with Crippen LogP contribution in [-0.4, -0.2) is 25.7 Å². The largest absolute Gasteiger partial charge is 0.383 e. The van der Waals surface area contributed by atoms with Gasteiger partial charge in [0.05, 0.1) is 6.61 Å². The van der Waals surface area contributed by atoms with Gasteiger partial charge in [0, 0.05) is 19.6 Å². The van der Waals surface area contributed by atoms with Crippen molar-refractivity contribution in [1.29, 1.82) is 0 Å². The van der Waals surface area contributed by atoms with Crippen molar-refractivity contribution in [3.8, 4) is 0 Å². The lowest BCUT2D eigenvalue weighted by Crippen LogP contribution is -2.37. The number of nitrogens with one attached hydrogen (secondary N) is 1. The van der Waals surface area contributed by atoms with E-state index < -0.39 is 0 Å². The number of methoxy groups -OCH3 is 1. The molecule has 90 valence electrons. The number of hydrogen-bond acceptors (Lipinski definition) is 2.